The number of carboxylic acids is 2. The molecule has 90 valence electrons. The number of carbonyl (C=O) groups excluding carboxylic acids is 1. The van der Waals surface area contributed by atoms with E-state index in [1.54, 1.807) is 0 Å². The number of carboxylic acid groups (broad SMARTS) is 2. The lowest BCUT2D eigenvalue weighted by molar-refractivity contribution is -0.170. The molecule has 0 unspecified atom stereocenters. The Labute approximate surface area is 90.7 Å². The van der Waals surface area contributed by atoms with Crippen molar-refractivity contribution in [2.24, 2.45) is 0 Å². The molecular formula is C9H12FNO5. The zero-order valence-electron chi connectivity index (χ0n) is 8.48. The van der Waals surface area contributed by atoms with Gasteiger partial charge in [0.2, 0.25) is 5.91 Å². The molecule has 1 amide bonds. The van der Waals surface area contributed by atoms with E-state index in [0.717, 1.165) is 12.8 Å². The van der Waals surface area contributed by atoms with Gasteiger partial charge in [0, 0.05) is 13.1 Å². The summed E-state index contributed by atoms with van der Waals surface area (Å²) in [6.45, 7) is 0.850. The summed E-state index contributed by atoms with van der Waals surface area (Å²) in [5, 5.41) is 16.9. The molecule has 1 saturated heterocycles. The zero-order chi connectivity index (χ0) is 12.3. The fourth-order valence-corrected chi connectivity index (χ4v) is 1.53. The molecule has 1 aliphatic rings. The van der Waals surface area contributed by atoms with Crippen molar-refractivity contribution in [2.45, 2.75) is 24.9 Å². The molecule has 1 fully saturated rings. The molecule has 1 rings (SSSR count). The molecular weight excluding hydrogens is 221 g/mol. The number of hydrogen-bond acceptors (Lipinski definition) is 3. The van der Waals surface area contributed by atoms with Crippen molar-refractivity contribution in [3.63, 3.8) is 0 Å². The van der Waals surface area contributed by atoms with Crippen LogP contribution in [0.4, 0.5) is 4.39 Å². The summed E-state index contributed by atoms with van der Waals surface area (Å²) in [4.78, 5) is 33.7. The number of halogens is 1. The van der Waals surface area contributed by atoms with E-state index in [0.29, 0.717) is 13.1 Å². The number of carbonyl (C=O) groups is 3. The molecule has 0 bridgehead atoms. The van der Waals surface area contributed by atoms with Gasteiger partial charge in [-0.05, 0) is 12.8 Å². The molecule has 0 aliphatic carbocycles. The molecule has 0 aromatic rings. The second kappa shape index (κ2) is 4.46. The van der Waals surface area contributed by atoms with Crippen LogP contribution in [-0.2, 0) is 14.4 Å². The molecule has 16 heavy (non-hydrogen) atoms. The standard InChI is InChI=1S/C9H12FNO5/c10-9(7(13)14,8(15)16)5-6(12)11-3-1-2-4-11/h1-5H2,(H,13,14)(H,15,16). The average Bonchev–Trinajstić information content (AvgIpc) is 2.69. The lowest BCUT2D eigenvalue weighted by Gasteiger charge is -2.20. The van der Waals surface area contributed by atoms with Gasteiger partial charge in [-0.3, -0.25) is 4.79 Å². The van der Waals surface area contributed by atoms with Gasteiger partial charge in [-0.25, -0.2) is 14.0 Å². The van der Waals surface area contributed by atoms with Crippen molar-refractivity contribution in [1.82, 2.24) is 4.90 Å². The van der Waals surface area contributed by atoms with Gasteiger partial charge in [0.1, 0.15) is 0 Å². The van der Waals surface area contributed by atoms with Crippen LogP contribution < -0.4 is 0 Å². The third-order valence-corrected chi connectivity index (χ3v) is 2.53. The highest BCUT2D eigenvalue weighted by molar-refractivity contribution is 6.05. The first-order valence-corrected chi connectivity index (χ1v) is 4.81. The number of amides is 1. The maximum absolute atomic E-state index is 13.5. The Bertz CT molecular complexity index is 310. The van der Waals surface area contributed by atoms with E-state index in [-0.39, 0.29) is 0 Å². The summed E-state index contributed by atoms with van der Waals surface area (Å²) in [7, 11) is 0. The maximum Gasteiger partial charge on any atom is 0.353 e. The summed E-state index contributed by atoms with van der Waals surface area (Å²) in [6.07, 6.45) is 0.383. The minimum atomic E-state index is -3.53. The Morgan fingerprint density at radius 3 is 1.94 bits per heavy atom. The Hall–Kier alpha value is -1.66. The fourth-order valence-electron chi connectivity index (χ4n) is 1.53. The monoisotopic (exact) mass is 233 g/mol. The number of nitrogens with zero attached hydrogens (tertiary/aromatic N) is 1. The largest absolute Gasteiger partial charge is 0.478 e. The molecule has 7 heteroatoms. The molecule has 0 atom stereocenters. The molecule has 2 N–H and O–H groups in total. The van der Waals surface area contributed by atoms with Crippen LogP contribution >= 0.6 is 0 Å². The van der Waals surface area contributed by atoms with Gasteiger partial charge in [-0.15, -0.1) is 0 Å². The normalized spacial score (nSPS) is 16.2. The summed E-state index contributed by atoms with van der Waals surface area (Å²) >= 11 is 0. The lowest BCUT2D eigenvalue weighted by Crippen LogP contribution is -2.46. The summed E-state index contributed by atoms with van der Waals surface area (Å²) < 4.78 is 13.5. The predicted octanol–water partition coefficient (Wildman–Crippen LogP) is -0.124. The molecule has 0 aromatic heterocycles. The van der Waals surface area contributed by atoms with Gasteiger partial charge in [0.15, 0.2) is 0 Å². The van der Waals surface area contributed by atoms with E-state index in [4.69, 9.17) is 10.2 Å². The van der Waals surface area contributed by atoms with Gasteiger partial charge < -0.3 is 15.1 Å². The van der Waals surface area contributed by atoms with Crippen molar-refractivity contribution < 1.29 is 29.0 Å². The SMILES string of the molecule is O=C(CC(F)(C(=O)O)C(=O)O)N1CCCC1. The molecule has 0 spiro atoms. The van der Waals surface area contributed by atoms with Gasteiger partial charge in [-0.2, -0.15) is 0 Å². The maximum atomic E-state index is 13.5. The highest BCUT2D eigenvalue weighted by atomic mass is 19.1. The first-order chi connectivity index (χ1) is 7.38. The summed E-state index contributed by atoms with van der Waals surface area (Å²) in [6, 6.07) is 0. The van der Waals surface area contributed by atoms with Crippen molar-refractivity contribution in [2.75, 3.05) is 13.1 Å². The quantitative estimate of drug-likeness (QED) is 0.660. The van der Waals surface area contributed by atoms with Crippen LogP contribution in [0.15, 0.2) is 0 Å². The van der Waals surface area contributed by atoms with Crippen LogP contribution in [0.3, 0.4) is 0 Å². The van der Waals surface area contributed by atoms with Crippen molar-refractivity contribution >= 4 is 17.8 Å². The highest BCUT2D eigenvalue weighted by Crippen LogP contribution is 2.20. The van der Waals surface area contributed by atoms with Gasteiger partial charge >= 0.3 is 17.6 Å². The Kier molecular flexibility index (Phi) is 3.46. The van der Waals surface area contributed by atoms with Gasteiger partial charge in [-0.1, -0.05) is 0 Å². The number of aliphatic carboxylic acids is 2. The van der Waals surface area contributed by atoms with Crippen LogP contribution in [0.1, 0.15) is 19.3 Å². The second-order valence-corrected chi connectivity index (χ2v) is 3.68. The van der Waals surface area contributed by atoms with Crippen LogP contribution in [0.2, 0.25) is 0 Å². The number of rotatable bonds is 4. The number of likely N-dealkylation sites (tertiary alicyclic amines) is 1. The van der Waals surface area contributed by atoms with E-state index in [2.05, 4.69) is 0 Å². The van der Waals surface area contributed by atoms with E-state index in [1.165, 1.54) is 4.90 Å². The first kappa shape index (κ1) is 12.4. The molecule has 1 aliphatic heterocycles. The first-order valence-electron chi connectivity index (χ1n) is 4.81. The number of hydrogen-bond donors (Lipinski definition) is 2. The second-order valence-electron chi connectivity index (χ2n) is 3.68. The van der Waals surface area contributed by atoms with Crippen molar-refractivity contribution in [1.29, 1.82) is 0 Å². The van der Waals surface area contributed by atoms with Crippen molar-refractivity contribution in [3.05, 3.63) is 0 Å². The summed E-state index contributed by atoms with van der Waals surface area (Å²) in [5.74, 6) is -5.06. The Morgan fingerprint density at radius 2 is 1.56 bits per heavy atom. The van der Waals surface area contributed by atoms with Gasteiger partial charge in [0.05, 0.1) is 6.42 Å². The third-order valence-electron chi connectivity index (χ3n) is 2.53. The van der Waals surface area contributed by atoms with E-state index in [9.17, 15) is 18.8 Å². The van der Waals surface area contributed by atoms with Gasteiger partial charge in [0.25, 0.3) is 0 Å². The van der Waals surface area contributed by atoms with E-state index >= 15 is 0 Å². The van der Waals surface area contributed by atoms with Crippen LogP contribution in [0.5, 0.6) is 0 Å². The predicted molar refractivity (Wildman–Crippen MR) is 49.5 cm³/mol. The Balaban J connectivity index is 2.72. The molecule has 1 heterocycles. The molecule has 6 nitrogen and oxygen atoms in total. The zero-order valence-corrected chi connectivity index (χ0v) is 8.48. The van der Waals surface area contributed by atoms with Crippen molar-refractivity contribution in [3.8, 4) is 0 Å². The minimum Gasteiger partial charge on any atom is -0.478 e. The Morgan fingerprint density at radius 1 is 1.12 bits per heavy atom. The highest BCUT2D eigenvalue weighted by Gasteiger charge is 2.50. The topological polar surface area (TPSA) is 94.9 Å². The van der Waals surface area contributed by atoms with E-state index < -0.39 is 29.9 Å². The number of alkyl halides is 1. The molecule has 0 saturated carbocycles. The minimum absolute atomic E-state index is 0.425. The van der Waals surface area contributed by atoms with Crippen LogP contribution in [0.25, 0.3) is 0 Å². The fraction of sp³-hybridized carbons (Fsp3) is 0.667. The lowest BCUT2D eigenvalue weighted by atomic mass is 10.0. The average molecular weight is 233 g/mol. The van der Waals surface area contributed by atoms with Crippen LogP contribution in [0, 0.1) is 0 Å². The van der Waals surface area contributed by atoms with E-state index in [1.807, 2.05) is 0 Å². The smallest absolute Gasteiger partial charge is 0.353 e. The molecule has 0 aromatic carbocycles. The third kappa shape index (κ3) is 2.29. The molecule has 0 radical (unpaired) electrons. The van der Waals surface area contributed by atoms with Crippen LogP contribution in [-0.4, -0.2) is 51.7 Å². The summed E-state index contributed by atoms with van der Waals surface area (Å²) in [5.41, 5.74) is -3.53.